The van der Waals surface area contributed by atoms with Crippen molar-refractivity contribution >= 4 is 69.1 Å². The van der Waals surface area contributed by atoms with Crippen LogP contribution in [0.5, 0.6) is 5.75 Å². The number of aryl methyl sites for hydroxylation is 1. The summed E-state index contributed by atoms with van der Waals surface area (Å²) in [6.07, 6.45) is 2.94. The summed E-state index contributed by atoms with van der Waals surface area (Å²) in [7, 11) is 2.46. The summed E-state index contributed by atoms with van der Waals surface area (Å²) in [5, 5.41) is 12.9. The Morgan fingerprint density at radius 3 is 2.59 bits per heavy atom. The van der Waals surface area contributed by atoms with Crippen LogP contribution in [0.4, 0.5) is 5.00 Å². The Labute approximate surface area is 243 Å². The minimum Gasteiger partial charge on any atom is -0.492 e. The molecule has 0 saturated heterocycles. The first-order valence-electron chi connectivity index (χ1n) is 11.5. The molecule has 1 aromatic carbocycles. The highest BCUT2D eigenvalue weighted by Gasteiger charge is 2.27. The molecule has 208 valence electrons. The van der Waals surface area contributed by atoms with Gasteiger partial charge in [-0.05, 0) is 37.1 Å². The van der Waals surface area contributed by atoms with Crippen LogP contribution in [-0.4, -0.2) is 59.2 Å². The van der Waals surface area contributed by atoms with E-state index < -0.39 is 17.8 Å². The van der Waals surface area contributed by atoms with E-state index >= 15 is 0 Å². The Morgan fingerprint density at radius 1 is 1.18 bits per heavy atom. The highest BCUT2D eigenvalue weighted by molar-refractivity contribution is 7.99. The normalized spacial score (nSPS) is 10.7. The number of aromatic nitrogens is 3. The summed E-state index contributed by atoms with van der Waals surface area (Å²) in [5.41, 5.74) is 0.486. The number of ether oxygens (including phenoxy) is 3. The zero-order valence-corrected chi connectivity index (χ0v) is 24.6. The van der Waals surface area contributed by atoms with E-state index in [2.05, 4.69) is 22.1 Å². The smallest absolute Gasteiger partial charge is 0.348 e. The van der Waals surface area contributed by atoms with E-state index in [9.17, 15) is 14.4 Å². The summed E-state index contributed by atoms with van der Waals surface area (Å²) in [5.74, 6) is -0.424. The van der Waals surface area contributed by atoms with Crippen LogP contribution in [0.3, 0.4) is 0 Å². The van der Waals surface area contributed by atoms with E-state index in [1.165, 1.54) is 26.0 Å². The number of carbonyl (C=O) groups is 3. The van der Waals surface area contributed by atoms with Crippen molar-refractivity contribution in [2.75, 3.05) is 31.9 Å². The summed E-state index contributed by atoms with van der Waals surface area (Å²) >= 11 is 14.2. The lowest BCUT2D eigenvalue weighted by Gasteiger charge is -2.10. The van der Waals surface area contributed by atoms with Crippen molar-refractivity contribution in [3.8, 4) is 5.75 Å². The number of nitrogens with zero attached hydrogens (tertiary/aromatic N) is 3. The molecule has 39 heavy (non-hydrogen) atoms. The number of amides is 1. The minimum atomic E-state index is -0.667. The van der Waals surface area contributed by atoms with Gasteiger partial charge in [-0.2, -0.15) is 0 Å². The molecule has 3 rings (SSSR count). The van der Waals surface area contributed by atoms with Crippen LogP contribution in [0, 0.1) is 6.92 Å². The van der Waals surface area contributed by atoms with Crippen molar-refractivity contribution in [2.45, 2.75) is 31.5 Å². The molecular weight excluding hydrogens is 587 g/mol. The zero-order chi connectivity index (χ0) is 28.5. The van der Waals surface area contributed by atoms with Crippen LogP contribution in [0.25, 0.3) is 0 Å². The van der Waals surface area contributed by atoms with Gasteiger partial charge in [-0.15, -0.1) is 28.1 Å². The summed E-state index contributed by atoms with van der Waals surface area (Å²) < 4.78 is 17.2. The van der Waals surface area contributed by atoms with Gasteiger partial charge in [0.25, 0.3) is 0 Å². The van der Waals surface area contributed by atoms with Crippen LogP contribution in [0.2, 0.25) is 10.0 Å². The number of methoxy groups -OCH3 is 2. The number of benzene rings is 1. The van der Waals surface area contributed by atoms with Gasteiger partial charge in [0, 0.05) is 18.0 Å². The molecule has 0 bridgehead atoms. The molecule has 0 aliphatic rings. The van der Waals surface area contributed by atoms with Gasteiger partial charge in [-0.3, -0.25) is 4.79 Å². The molecule has 0 radical (unpaired) electrons. The van der Waals surface area contributed by atoms with Gasteiger partial charge >= 0.3 is 11.9 Å². The number of thiophene rings is 1. The Kier molecular flexibility index (Phi) is 11.2. The number of rotatable bonds is 13. The van der Waals surface area contributed by atoms with Crippen molar-refractivity contribution in [1.82, 2.24) is 14.8 Å². The van der Waals surface area contributed by atoms with Crippen molar-refractivity contribution in [3.05, 3.63) is 62.7 Å². The lowest BCUT2D eigenvalue weighted by atomic mass is 10.1. The largest absolute Gasteiger partial charge is 0.492 e. The molecule has 0 spiro atoms. The predicted molar refractivity (Wildman–Crippen MR) is 152 cm³/mol. The summed E-state index contributed by atoms with van der Waals surface area (Å²) in [4.78, 5) is 37.4. The van der Waals surface area contributed by atoms with Gasteiger partial charge in [0.2, 0.25) is 5.91 Å². The topological polar surface area (TPSA) is 122 Å². The molecular formula is C25H26Cl2N4O6S2. The number of esters is 2. The number of hydrogen-bond acceptors (Lipinski definition) is 10. The Bertz CT molecular complexity index is 1370. The maximum absolute atomic E-state index is 12.8. The first-order chi connectivity index (χ1) is 18.7. The highest BCUT2D eigenvalue weighted by Crippen LogP contribution is 2.34. The van der Waals surface area contributed by atoms with Gasteiger partial charge in [0.15, 0.2) is 5.16 Å². The molecule has 2 aromatic heterocycles. The lowest BCUT2D eigenvalue weighted by molar-refractivity contribution is -0.113. The maximum Gasteiger partial charge on any atom is 0.348 e. The number of anilines is 1. The van der Waals surface area contributed by atoms with E-state index in [1.54, 1.807) is 31.2 Å². The third-order valence-electron chi connectivity index (χ3n) is 5.29. The first kappa shape index (κ1) is 30.5. The van der Waals surface area contributed by atoms with Crippen LogP contribution in [-0.2, 0) is 27.2 Å². The second-order valence-electron chi connectivity index (χ2n) is 7.91. The van der Waals surface area contributed by atoms with Gasteiger partial charge in [-0.1, -0.05) is 41.0 Å². The van der Waals surface area contributed by atoms with Gasteiger partial charge in [-0.25, -0.2) is 9.59 Å². The summed E-state index contributed by atoms with van der Waals surface area (Å²) in [6, 6.07) is 5.04. The molecule has 0 aliphatic carbocycles. The predicted octanol–water partition coefficient (Wildman–Crippen LogP) is 5.46. The van der Waals surface area contributed by atoms with Crippen LogP contribution >= 0.6 is 46.3 Å². The van der Waals surface area contributed by atoms with E-state index in [1.807, 2.05) is 4.57 Å². The minimum absolute atomic E-state index is 0.0153. The first-order valence-corrected chi connectivity index (χ1v) is 14.1. The zero-order valence-electron chi connectivity index (χ0n) is 21.4. The van der Waals surface area contributed by atoms with Crippen LogP contribution in [0.1, 0.15) is 37.8 Å². The molecule has 0 saturated carbocycles. The molecule has 10 nitrogen and oxygen atoms in total. The second kappa shape index (κ2) is 14.4. The Morgan fingerprint density at radius 2 is 1.92 bits per heavy atom. The number of hydrogen-bond donors (Lipinski definition) is 1. The lowest BCUT2D eigenvalue weighted by Crippen LogP contribution is -2.16. The maximum atomic E-state index is 12.8. The highest BCUT2D eigenvalue weighted by atomic mass is 35.5. The van der Waals surface area contributed by atoms with E-state index in [4.69, 9.17) is 37.4 Å². The quantitative estimate of drug-likeness (QED) is 0.116. The number of carbonyl (C=O) groups excluding carboxylic acids is 3. The summed E-state index contributed by atoms with van der Waals surface area (Å²) in [6.45, 7) is 6.24. The third kappa shape index (κ3) is 7.75. The van der Waals surface area contributed by atoms with Crippen molar-refractivity contribution < 1.29 is 28.6 Å². The number of halogens is 2. The number of nitrogens with one attached hydrogen (secondary N) is 1. The van der Waals surface area contributed by atoms with Crippen LogP contribution < -0.4 is 10.1 Å². The van der Waals surface area contributed by atoms with Gasteiger partial charge in [0.05, 0.1) is 37.2 Å². The van der Waals surface area contributed by atoms with Gasteiger partial charge in [0.1, 0.15) is 21.5 Å². The monoisotopic (exact) mass is 612 g/mol. The average molecular weight is 614 g/mol. The Hall–Kier alpha value is -3.06. The standard InChI is InChI=1S/C25H26Cl2N4O6S2/c1-5-10-31-18(7-6-11-37-17-9-8-15(26)12-16(17)27)29-30-25(31)38-13-19(32)28-22-20(23(33)35-3)14(2)21(39-22)24(34)36-4/h5,8-9,12H,1,6-7,10-11,13H2,2-4H3,(H,28,32). The van der Waals surface area contributed by atoms with Gasteiger partial charge < -0.3 is 24.1 Å². The number of allylic oxidation sites excluding steroid dienone is 1. The molecule has 0 atom stereocenters. The molecule has 0 unspecified atom stereocenters. The average Bonchev–Trinajstić information content (AvgIpc) is 3.45. The number of thioether (sulfide) groups is 1. The SMILES string of the molecule is C=CCn1c(CCCOc2ccc(Cl)cc2Cl)nnc1SCC(=O)Nc1sc(C(=O)OC)c(C)c1C(=O)OC. The molecule has 0 aliphatic heterocycles. The van der Waals surface area contributed by atoms with Crippen molar-refractivity contribution in [2.24, 2.45) is 0 Å². The molecule has 1 N–H and O–H groups in total. The van der Waals surface area contributed by atoms with E-state index in [0.29, 0.717) is 58.3 Å². The van der Waals surface area contributed by atoms with E-state index in [0.717, 1.165) is 11.3 Å². The molecule has 14 heteroatoms. The van der Waals surface area contributed by atoms with Crippen molar-refractivity contribution in [3.63, 3.8) is 0 Å². The fraction of sp³-hybridized carbons (Fsp3) is 0.320. The Balaban J connectivity index is 1.62. The fourth-order valence-corrected chi connectivity index (χ4v) is 5.82. The van der Waals surface area contributed by atoms with E-state index in [-0.39, 0.29) is 21.2 Å². The molecule has 1 amide bonds. The fourth-order valence-electron chi connectivity index (χ4n) is 3.46. The van der Waals surface area contributed by atoms with Crippen LogP contribution in [0.15, 0.2) is 36.0 Å². The molecule has 3 aromatic rings. The third-order valence-corrected chi connectivity index (χ3v) is 7.98. The molecule has 0 fully saturated rings. The second-order valence-corrected chi connectivity index (χ2v) is 10.7. The molecule has 2 heterocycles. The van der Waals surface area contributed by atoms with Crippen molar-refractivity contribution in [1.29, 1.82) is 0 Å².